The Hall–Kier alpha value is -1.92. The highest BCUT2D eigenvalue weighted by atomic mass is 32.2. The summed E-state index contributed by atoms with van der Waals surface area (Å²) >= 11 is 0. The van der Waals surface area contributed by atoms with Crippen molar-refractivity contribution in [3.8, 4) is 0 Å². The van der Waals surface area contributed by atoms with Gasteiger partial charge in [-0.3, -0.25) is 4.98 Å². The number of piperidine rings is 1. The van der Waals surface area contributed by atoms with E-state index >= 15 is 0 Å². The van der Waals surface area contributed by atoms with Crippen LogP contribution in [0.2, 0.25) is 0 Å². The normalized spacial score (nSPS) is 25.2. The molecule has 0 spiro atoms. The lowest BCUT2D eigenvalue weighted by Gasteiger charge is -2.34. The summed E-state index contributed by atoms with van der Waals surface area (Å²) in [7, 11) is -3.57. The number of rotatable bonds is 3. The van der Waals surface area contributed by atoms with Gasteiger partial charge in [-0.2, -0.15) is 0 Å². The minimum absolute atomic E-state index is 0.478. The summed E-state index contributed by atoms with van der Waals surface area (Å²) < 4.78 is 27.4. The average Bonchev–Trinajstić information content (AvgIpc) is 3.07. The van der Waals surface area contributed by atoms with Crippen LogP contribution in [-0.2, 0) is 10.0 Å². The topological polar surface area (TPSA) is 64.0 Å². The van der Waals surface area contributed by atoms with Gasteiger partial charge < -0.3 is 5.32 Å². The zero-order chi connectivity index (χ0) is 17.5. The van der Waals surface area contributed by atoms with Gasteiger partial charge in [0.15, 0.2) is 0 Å². The monoisotopic (exact) mass is 357 g/mol. The molecule has 25 heavy (non-hydrogen) atoms. The van der Waals surface area contributed by atoms with Crippen LogP contribution in [0, 0.1) is 5.92 Å². The lowest BCUT2D eigenvalue weighted by Crippen LogP contribution is -2.40. The maximum absolute atomic E-state index is 13.5. The van der Waals surface area contributed by atoms with E-state index in [4.69, 9.17) is 0 Å². The summed E-state index contributed by atoms with van der Waals surface area (Å²) in [6.45, 7) is 3.84. The molecular weight excluding hydrogens is 334 g/mol. The average molecular weight is 357 g/mol. The molecule has 0 aromatic carbocycles. The molecule has 2 aliphatic rings. The third-order valence-electron chi connectivity index (χ3n) is 5.48. The van der Waals surface area contributed by atoms with Crippen molar-refractivity contribution in [2.24, 2.45) is 5.92 Å². The SMILES string of the molecule is CC1(S(=O)(=O)n2ccc3cnccc32)C=CC=C(C2CCNCC2)C1. The predicted octanol–water partition coefficient (Wildman–Crippen LogP) is 2.86. The van der Waals surface area contributed by atoms with Crippen LogP contribution in [0.1, 0.15) is 26.2 Å². The Morgan fingerprint density at radius 3 is 2.88 bits per heavy atom. The quantitative estimate of drug-likeness (QED) is 0.917. The molecule has 0 amide bonds. The molecule has 0 bridgehead atoms. The molecule has 6 heteroatoms. The lowest BCUT2D eigenvalue weighted by atomic mass is 9.82. The number of aromatic nitrogens is 2. The van der Waals surface area contributed by atoms with Crippen LogP contribution in [0.5, 0.6) is 0 Å². The number of allylic oxidation sites excluding steroid dienone is 3. The molecule has 1 unspecified atom stereocenters. The van der Waals surface area contributed by atoms with Gasteiger partial charge in [0.1, 0.15) is 4.75 Å². The predicted molar refractivity (Wildman–Crippen MR) is 99.9 cm³/mol. The van der Waals surface area contributed by atoms with E-state index in [0.717, 1.165) is 31.3 Å². The maximum Gasteiger partial charge on any atom is 0.248 e. The highest BCUT2D eigenvalue weighted by Gasteiger charge is 2.41. The third kappa shape index (κ3) is 2.73. The number of pyridine rings is 1. The van der Waals surface area contributed by atoms with Gasteiger partial charge in [0.05, 0.1) is 5.52 Å². The van der Waals surface area contributed by atoms with Gasteiger partial charge in [-0.05, 0) is 57.3 Å². The van der Waals surface area contributed by atoms with Crippen molar-refractivity contribution in [1.82, 2.24) is 14.3 Å². The maximum atomic E-state index is 13.5. The standard InChI is InChI=1S/C19H23N3O2S/c1-19(8-2-3-16(13-19)15-4-9-20-10-5-15)25(23,24)22-12-7-17-14-21-11-6-18(17)22/h2-3,6-8,11-12,14-15,20H,4-5,9-10,13H2,1H3. The zero-order valence-corrected chi connectivity index (χ0v) is 15.2. The van der Waals surface area contributed by atoms with E-state index in [1.165, 1.54) is 9.55 Å². The zero-order valence-electron chi connectivity index (χ0n) is 14.4. The van der Waals surface area contributed by atoms with Gasteiger partial charge in [0, 0.05) is 24.0 Å². The molecule has 132 valence electrons. The molecule has 2 aromatic heterocycles. The van der Waals surface area contributed by atoms with Crippen LogP contribution < -0.4 is 5.32 Å². The summed E-state index contributed by atoms with van der Waals surface area (Å²) in [4.78, 5) is 4.07. The molecule has 1 fully saturated rings. The summed E-state index contributed by atoms with van der Waals surface area (Å²) in [6, 6.07) is 3.56. The highest BCUT2D eigenvalue weighted by Crippen LogP contribution is 2.38. The molecule has 1 atom stereocenters. The van der Waals surface area contributed by atoms with Crippen molar-refractivity contribution >= 4 is 20.9 Å². The summed E-state index contributed by atoms with van der Waals surface area (Å²) in [6.07, 6.45) is 13.6. The molecule has 3 heterocycles. The van der Waals surface area contributed by atoms with Gasteiger partial charge >= 0.3 is 0 Å². The number of hydrogen-bond donors (Lipinski definition) is 1. The smallest absolute Gasteiger partial charge is 0.248 e. The second kappa shape index (κ2) is 6.11. The minimum Gasteiger partial charge on any atom is -0.317 e. The molecule has 2 aromatic rings. The Kier molecular flexibility index (Phi) is 4.04. The van der Waals surface area contributed by atoms with Gasteiger partial charge in [0.2, 0.25) is 10.0 Å². The first kappa shape index (κ1) is 16.5. The molecule has 0 saturated carbocycles. The van der Waals surface area contributed by atoms with Crippen molar-refractivity contribution in [2.75, 3.05) is 13.1 Å². The fourth-order valence-corrected chi connectivity index (χ4v) is 5.64. The molecule has 1 saturated heterocycles. The van der Waals surface area contributed by atoms with Crippen LogP contribution in [0.4, 0.5) is 0 Å². The van der Waals surface area contributed by atoms with E-state index in [1.807, 2.05) is 19.1 Å². The number of nitrogens with zero attached hydrogens (tertiary/aromatic N) is 2. The Labute approximate surface area is 148 Å². The van der Waals surface area contributed by atoms with Crippen LogP contribution in [0.25, 0.3) is 10.9 Å². The van der Waals surface area contributed by atoms with E-state index in [-0.39, 0.29) is 0 Å². The van der Waals surface area contributed by atoms with E-state index in [9.17, 15) is 8.42 Å². The first-order valence-electron chi connectivity index (χ1n) is 8.76. The summed E-state index contributed by atoms with van der Waals surface area (Å²) in [5.41, 5.74) is 1.94. The van der Waals surface area contributed by atoms with Gasteiger partial charge in [0.25, 0.3) is 0 Å². The number of fused-ring (bicyclic) bond motifs is 1. The van der Waals surface area contributed by atoms with Crippen molar-refractivity contribution < 1.29 is 8.42 Å². The second-order valence-electron chi connectivity index (χ2n) is 7.17. The second-order valence-corrected chi connectivity index (χ2v) is 9.44. The number of hydrogen-bond acceptors (Lipinski definition) is 4. The molecule has 1 aliphatic carbocycles. The summed E-state index contributed by atoms with van der Waals surface area (Å²) in [5, 5.41) is 4.21. The molecule has 1 aliphatic heterocycles. The van der Waals surface area contributed by atoms with E-state index in [0.29, 0.717) is 17.9 Å². The van der Waals surface area contributed by atoms with Crippen LogP contribution in [-0.4, -0.2) is 35.2 Å². The van der Waals surface area contributed by atoms with Gasteiger partial charge in [-0.1, -0.05) is 23.8 Å². The molecular formula is C19H23N3O2S. The largest absolute Gasteiger partial charge is 0.317 e. The molecule has 0 radical (unpaired) electrons. The van der Waals surface area contributed by atoms with Crippen molar-refractivity contribution in [3.05, 3.63) is 54.5 Å². The van der Waals surface area contributed by atoms with E-state index < -0.39 is 14.8 Å². The Morgan fingerprint density at radius 1 is 1.28 bits per heavy atom. The van der Waals surface area contributed by atoms with E-state index in [1.54, 1.807) is 30.7 Å². The Balaban J connectivity index is 1.70. The van der Waals surface area contributed by atoms with Crippen molar-refractivity contribution in [1.29, 1.82) is 0 Å². The summed E-state index contributed by atoms with van der Waals surface area (Å²) in [5.74, 6) is 0.478. The van der Waals surface area contributed by atoms with E-state index in [2.05, 4.69) is 16.4 Å². The molecule has 5 nitrogen and oxygen atoms in total. The Bertz CT molecular complexity index is 952. The van der Waals surface area contributed by atoms with Crippen LogP contribution >= 0.6 is 0 Å². The fourth-order valence-electron chi connectivity index (χ4n) is 3.94. The molecule has 4 rings (SSSR count). The van der Waals surface area contributed by atoms with Gasteiger partial charge in [-0.25, -0.2) is 12.4 Å². The van der Waals surface area contributed by atoms with Gasteiger partial charge in [-0.15, -0.1) is 0 Å². The number of nitrogens with one attached hydrogen (secondary N) is 1. The third-order valence-corrected chi connectivity index (χ3v) is 7.78. The minimum atomic E-state index is -3.57. The highest BCUT2D eigenvalue weighted by molar-refractivity contribution is 7.91. The Morgan fingerprint density at radius 2 is 2.08 bits per heavy atom. The van der Waals surface area contributed by atoms with Crippen LogP contribution in [0.3, 0.4) is 0 Å². The fraction of sp³-hybridized carbons (Fsp3) is 0.421. The van der Waals surface area contributed by atoms with Crippen molar-refractivity contribution in [3.63, 3.8) is 0 Å². The van der Waals surface area contributed by atoms with Crippen LogP contribution in [0.15, 0.2) is 54.5 Å². The molecule has 1 N–H and O–H groups in total. The lowest BCUT2D eigenvalue weighted by molar-refractivity contribution is 0.404. The first-order chi connectivity index (χ1) is 12.0. The van der Waals surface area contributed by atoms with Crippen molar-refractivity contribution in [2.45, 2.75) is 30.9 Å². The first-order valence-corrected chi connectivity index (χ1v) is 10.2.